The molecule has 0 fully saturated rings. The summed E-state index contributed by atoms with van der Waals surface area (Å²) in [6, 6.07) is 12.1. The number of hydrogen-bond acceptors (Lipinski definition) is 5. The number of rotatable bonds is 4. The highest BCUT2D eigenvalue weighted by atomic mass is 79.9. The summed E-state index contributed by atoms with van der Waals surface area (Å²) in [4.78, 5) is 25.4. The first-order valence-electron chi connectivity index (χ1n) is 9.45. The number of para-hydroxylation sites is 1. The van der Waals surface area contributed by atoms with Gasteiger partial charge in [0.1, 0.15) is 17.1 Å². The maximum Gasteiger partial charge on any atom is 0.357 e. The van der Waals surface area contributed by atoms with E-state index in [1.165, 1.54) is 18.9 Å². The zero-order chi connectivity index (χ0) is 22.9. The summed E-state index contributed by atoms with van der Waals surface area (Å²) in [7, 11) is 2.38. The Morgan fingerprint density at radius 1 is 1.03 bits per heavy atom. The van der Waals surface area contributed by atoms with Crippen LogP contribution in [0.3, 0.4) is 0 Å². The average molecular weight is 489 g/mol. The van der Waals surface area contributed by atoms with Crippen LogP contribution >= 0.6 is 15.9 Å². The Kier molecular flexibility index (Phi) is 6.31. The third-order valence-electron chi connectivity index (χ3n) is 4.80. The molecule has 1 aromatic heterocycles. The third-order valence-corrected chi connectivity index (χ3v) is 5.38. The van der Waals surface area contributed by atoms with Gasteiger partial charge in [-0.1, -0.05) is 39.0 Å². The van der Waals surface area contributed by atoms with Crippen molar-refractivity contribution in [3.63, 3.8) is 0 Å². The van der Waals surface area contributed by atoms with Crippen molar-refractivity contribution in [3.05, 3.63) is 69.6 Å². The van der Waals surface area contributed by atoms with Crippen molar-refractivity contribution in [2.24, 2.45) is 0 Å². The lowest BCUT2D eigenvalue weighted by molar-refractivity contribution is 0.0549. The lowest BCUT2D eigenvalue weighted by atomic mass is 9.85. The van der Waals surface area contributed by atoms with Crippen LogP contribution < -0.4 is 0 Å². The maximum atomic E-state index is 15.3. The molecule has 0 N–H and O–H groups in total. The molecule has 3 rings (SSSR count). The second-order valence-electron chi connectivity index (χ2n) is 7.87. The normalized spacial score (nSPS) is 11.3. The highest BCUT2D eigenvalue weighted by Crippen LogP contribution is 2.37. The molecule has 162 valence electrons. The molecule has 0 aliphatic carbocycles. The molecule has 0 radical (unpaired) electrons. The summed E-state index contributed by atoms with van der Waals surface area (Å²) in [5.74, 6) is -2.23. The van der Waals surface area contributed by atoms with E-state index in [-0.39, 0.29) is 32.4 Å². The summed E-state index contributed by atoms with van der Waals surface area (Å²) < 4.78 is 26.6. The van der Waals surface area contributed by atoms with Crippen LogP contribution in [0.4, 0.5) is 4.39 Å². The molecule has 0 aliphatic rings. The molecule has 0 saturated carbocycles. The van der Waals surface area contributed by atoms with Crippen LogP contribution in [0, 0.1) is 5.82 Å². The van der Waals surface area contributed by atoms with Crippen molar-refractivity contribution < 1.29 is 23.5 Å². The molecule has 0 unspecified atom stereocenters. The Morgan fingerprint density at radius 2 is 1.65 bits per heavy atom. The number of ether oxygens (including phenoxy) is 2. The molecule has 0 spiro atoms. The molecule has 3 aromatic rings. The molecule has 0 saturated heterocycles. The van der Waals surface area contributed by atoms with Crippen molar-refractivity contribution >= 4 is 27.9 Å². The number of hydrogen-bond donors (Lipinski definition) is 0. The van der Waals surface area contributed by atoms with Gasteiger partial charge >= 0.3 is 11.9 Å². The fraction of sp³-hybridized carbons (Fsp3) is 0.261. The van der Waals surface area contributed by atoms with E-state index < -0.39 is 17.8 Å². The Labute approximate surface area is 188 Å². The monoisotopic (exact) mass is 488 g/mol. The van der Waals surface area contributed by atoms with Crippen LogP contribution in [-0.4, -0.2) is 35.9 Å². The number of carbonyl (C=O) groups excluding carboxylic acids is 2. The van der Waals surface area contributed by atoms with E-state index in [1.54, 1.807) is 42.5 Å². The van der Waals surface area contributed by atoms with Gasteiger partial charge in [-0.2, -0.15) is 5.10 Å². The van der Waals surface area contributed by atoms with Crippen molar-refractivity contribution in [3.8, 4) is 16.9 Å². The standard InChI is InChI=1S/C23H22BrFN2O4/c1-23(2,3)13-11-15(18(25)16(24)12-13)19-17(21(28)30-4)20(22(29)31-5)27(26-19)14-9-7-6-8-10-14/h6-12H,1-5H3. The zero-order valence-electron chi connectivity index (χ0n) is 17.8. The minimum atomic E-state index is -0.825. The topological polar surface area (TPSA) is 70.4 Å². The molecule has 0 atom stereocenters. The van der Waals surface area contributed by atoms with Crippen LogP contribution in [-0.2, 0) is 14.9 Å². The number of halogens is 2. The van der Waals surface area contributed by atoms with Gasteiger partial charge in [0.25, 0.3) is 0 Å². The summed E-state index contributed by atoms with van der Waals surface area (Å²) in [5.41, 5.74) is 0.761. The van der Waals surface area contributed by atoms with Crippen molar-refractivity contribution in [1.29, 1.82) is 0 Å². The van der Waals surface area contributed by atoms with Crippen LogP contribution in [0.5, 0.6) is 0 Å². The van der Waals surface area contributed by atoms with E-state index in [0.717, 1.165) is 5.56 Å². The van der Waals surface area contributed by atoms with E-state index in [2.05, 4.69) is 21.0 Å². The molecule has 0 aliphatic heterocycles. The highest BCUT2D eigenvalue weighted by Gasteiger charge is 2.33. The Bertz CT molecular complexity index is 1150. The van der Waals surface area contributed by atoms with E-state index in [4.69, 9.17) is 9.47 Å². The van der Waals surface area contributed by atoms with Crippen LogP contribution in [0.1, 0.15) is 47.2 Å². The van der Waals surface area contributed by atoms with Crippen molar-refractivity contribution in [2.45, 2.75) is 26.2 Å². The number of carbonyl (C=O) groups is 2. The van der Waals surface area contributed by atoms with Gasteiger partial charge in [0.2, 0.25) is 0 Å². The lowest BCUT2D eigenvalue weighted by Gasteiger charge is -2.20. The first-order chi connectivity index (χ1) is 14.6. The lowest BCUT2D eigenvalue weighted by Crippen LogP contribution is -2.15. The smallest absolute Gasteiger partial charge is 0.357 e. The average Bonchev–Trinajstić information content (AvgIpc) is 3.14. The summed E-state index contributed by atoms with van der Waals surface area (Å²) in [6.45, 7) is 5.96. The first kappa shape index (κ1) is 22.7. The molecule has 0 bridgehead atoms. The largest absolute Gasteiger partial charge is 0.465 e. The molecule has 31 heavy (non-hydrogen) atoms. The van der Waals surface area contributed by atoms with E-state index >= 15 is 4.39 Å². The molecular weight excluding hydrogens is 467 g/mol. The van der Waals surface area contributed by atoms with Gasteiger partial charge in [-0.05, 0) is 51.2 Å². The molecule has 6 nitrogen and oxygen atoms in total. The molecule has 1 heterocycles. The minimum absolute atomic E-state index is 0.0135. The SMILES string of the molecule is COC(=O)c1c(-c2cc(C(C)(C)C)cc(Br)c2F)nn(-c2ccccc2)c1C(=O)OC. The predicted octanol–water partition coefficient (Wildman–Crippen LogP) is 5.31. The number of benzene rings is 2. The van der Waals surface area contributed by atoms with Gasteiger partial charge in [0, 0.05) is 5.56 Å². The quantitative estimate of drug-likeness (QED) is 0.465. The van der Waals surface area contributed by atoms with Gasteiger partial charge < -0.3 is 9.47 Å². The predicted molar refractivity (Wildman–Crippen MR) is 118 cm³/mol. The van der Waals surface area contributed by atoms with E-state index in [9.17, 15) is 9.59 Å². The van der Waals surface area contributed by atoms with Gasteiger partial charge in [-0.15, -0.1) is 0 Å². The van der Waals surface area contributed by atoms with Crippen molar-refractivity contribution in [1.82, 2.24) is 9.78 Å². The molecule has 2 aromatic carbocycles. The molecular formula is C23H22BrFN2O4. The summed E-state index contributed by atoms with van der Waals surface area (Å²) >= 11 is 3.26. The zero-order valence-corrected chi connectivity index (χ0v) is 19.4. The Hall–Kier alpha value is -3.00. The maximum absolute atomic E-state index is 15.3. The number of nitrogens with zero attached hydrogens (tertiary/aromatic N) is 2. The molecule has 8 heteroatoms. The number of esters is 2. The highest BCUT2D eigenvalue weighted by molar-refractivity contribution is 9.10. The summed E-state index contributed by atoms with van der Waals surface area (Å²) in [5, 5.41) is 4.47. The minimum Gasteiger partial charge on any atom is -0.465 e. The third kappa shape index (κ3) is 4.25. The van der Waals surface area contributed by atoms with Gasteiger partial charge in [0.15, 0.2) is 5.69 Å². The Balaban J connectivity index is 2.44. The first-order valence-corrected chi connectivity index (χ1v) is 10.2. The number of methoxy groups -OCH3 is 2. The number of aromatic nitrogens is 2. The second kappa shape index (κ2) is 8.63. The fourth-order valence-electron chi connectivity index (χ4n) is 3.14. The van der Waals surface area contributed by atoms with Crippen molar-refractivity contribution in [2.75, 3.05) is 14.2 Å². The van der Waals surface area contributed by atoms with Crippen LogP contribution in [0.2, 0.25) is 0 Å². The summed E-state index contributed by atoms with van der Waals surface area (Å²) in [6.07, 6.45) is 0. The molecule has 0 amide bonds. The van der Waals surface area contributed by atoms with Gasteiger partial charge in [-0.3, -0.25) is 0 Å². The van der Waals surface area contributed by atoms with Crippen LogP contribution in [0.15, 0.2) is 46.9 Å². The van der Waals surface area contributed by atoms with Gasteiger partial charge in [0.05, 0.1) is 24.4 Å². The second-order valence-corrected chi connectivity index (χ2v) is 8.73. The Morgan fingerprint density at radius 3 is 2.19 bits per heavy atom. The van der Waals surface area contributed by atoms with E-state index in [0.29, 0.717) is 5.69 Å². The van der Waals surface area contributed by atoms with Gasteiger partial charge in [-0.25, -0.2) is 18.7 Å². The fourth-order valence-corrected chi connectivity index (χ4v) is 3.60. The van der Waals surface area contributed by atoms with E-state index in [1.807, 2.05) is 20.8 Å². The van der Waals surface area contributed by atoms with Crippen LogP contribution in [0.25, 0.3) is 16.9 Å².